The molecule has 0 N–H and O–H groups in total. The number of esters is 1. The molecule has 144 valence electrons. The number of hydrogen-bond donors (Lipinski definition) is 0. The Morgan fingerprint density at radius 2 is 1.96 bits per heavy atom. The van der Waals surface area contributed by atoms with Gasteiger partial charge in [0, 0.05) is 31.4 Å². The molecule has 1 fully saturated rings. The van der Waals surface area contributed by atoms with Crippen LogP contribution in [0.2, 0.25) is 0 Å². The number of nitrogens with zero attached hydrogens (tertiary/aromatic N) is 2. The molecule has 0 radical (unpaired) electrons. The van der Waals surface area contributed by atoms with Gasteiger partial charge < -0.3 is 19.3 Å². The van der Waals surface area contributed by atoms with E-state index < -0.39 is 17.4 Å². The third-order valence-electron chi connectivity index (χ3n) is 4.07. The Kier molecular flexibility index (Phi) is 6.10. The maximum atomic E-state index is 14.3. The smallest absolute Gasteiger partial charge is 0.410 e. The van der Waals surface area contributed by atoms with E-state index in [2.05, 4.69) is 0 Å². The maximum Gasteiger partial charge on any atom is 0.410 e. The molecule has 0 aliphatic carbocycles. The summed E-state index contributed by atoms with van der Waals surface area (Å²) in [4.78, 5) is 27.7. The summed E-state index contributed by atoms with van der Waals surface area (Å²) < 4.78 is 24.5. The normalized spacial score (nSPS) is 17.8. The van der Waals surface area contributed by atoms with Crippen LogP contribution in [-0.2, 0) is 9.47 Å². The topological polar surface area (TPSA) is 59.1 Å². The molecule has 1 amide bonds. The minimum absolute atomic E-state index is 0.0731. The molecule has 2 rings (SSSR count). The first-order chi connectivity index (χ1) is 12.1. The average molecular weight is 366 g/mol. The highest BCUT2D eigenvalue weighted by atomic mass is 19.1. The summed E-state index contributed by atoms with van der Waals surface area (Å²) in [5, 5.41) is 0. The van der Waals surface area contributed by atoms with Crippen molar-refractivity contribution in [3.63, 3.8) is 0 Å². The summed E-state index contributed by atoms with van der Waals surface area (Å²) in [6.07, 6.45) is -0.339. The second-order valence-electron chi connectivity index (χ2n) is 7.35. The van der Waals surface area contributed by atoms with Crippen molar-refractivity contribution in [2.24, 2.45) is 0 Å². The van der Waals surface area contributed by atoms with Crippen LogP contribution in [0.5, 0.6) is 0 Å². The van der Waals surface area contributed by atoms with Crippen molar-refractivity contribution in [1.29, 1.82) is 0 Å². The fraction of sp³-hybridized carbons (Fsp3) is 0.579. The first-order valence-electron chi connectivity index (χ1n) is 8.83. The van der Waals surface area contributed by atoms with Crippen LogP contribution in [0.4, 0.5) is 14.9 Å². The minimum atomic E-state index is -0.667. The Labute approximate surface area is 153 Å². The fourth-order valence-corrected chi connectivity index (χ4v) is 2.86. The van der Waals surface area contributed by atoms with Gasteiger partial charge in [0.2, 0.25) is 0 Å². The van der Waals surface area contributed by atoms with Crippen LogP contribution < -0.4 is 4.90 Å². The van der Waals surface area contributed by atoms with Gasteiger partial charge in [-0.3, -0.25) is 0 Å². The number of amides is 1. The van der Waals surface area contributed by atoms with E-state index in [-0.39, 0.29) is 24.3 Å². The molecule has 0 bridgehead atoms. The molecule has 6 nitrogen and oxygen atoms in total. The lowest BCUT2D eigenvalue weighted by molar-refractivity contribution is 0.0158. The molecule has 1 atom stereocenters. The Hall–Kier alpha value is -2.31. The molecule has 1 heterocycles. The second-order valence-corrected chi connectivity index (χ2v) is 7.35. The summed E-state index contributed by atoms with van der Waals surface area (Å²) in [7, 11) is 0. The first-order valence-corrected chi connectivity index (χ1v) is 8.83. The fourth-order valence-electron chi connectivity index (χ4n) is 2.86. The van der Waals surface area contributed by atoms with E-state index in [4.69, 9.17) is 9.47 Å². The Morgan fingerprint density at radius 1 is 1.27 bits per heavy atom. The number of halogens is 1. The molecule has 0 saturated carbocycles. The molecular formula is C19H27FN2O4. The van der Waals surface area contributed by atoms with Crippen LogP contribution in [0, 0.1) is 5.82 Å². The summed E-state index contributed by atoms with van der Waals surface area (Å²) in [5.41, 5.74) is 0.0577. The quantitative estimate of drug-likeness (QED) is 0.767. The number of benzene rings is 1. The van der Waals surface area contributed by atoms with Crippen molar-refractivity contribution in [3.05, 3.63) is 29.6 Å². The lowest BCUT2D eigenvalue weighted by Crippen LogP contribution is -2.55. The van der Waals surface area contributed by atoms with Gasteiger partial charge in [-0.15, -0.1) is 0 Å². The van der Waals surface area contributed by atoms with E-state index in [0.29, 0.717) is 25.3 Å². The van der Waals surface area contributed by atoms with Crippen LogP contribution in [0.15, 0.2) is 18.2 Å². The first kappa shape index (κ1) is 20.0. The highest BCUT2D eigenvalue weighted by molar-refractivity contribution is 5.90. The number of carbonyl (C=O) groups excluding carboxylic acids is 2. The number of anilines is 1. The average Bonchev–Trinajstić information content (AvgIpc) is 2.53. The van der Waals surface area contributed by atoms with E-state index in [0.717, 1.165) is 0 Å². The van der Waals surface area contributed by atoms with E-state index in [9.17, 15) is 14.0 Å². The van der Waals surface area contributed by atoms with Gasteiger partial charge in [0.1, 0.15) is 11.4 Å². The third-order valence-corrected chi connectivity index (χ3v) is 4.07. The van der Waals surface area contributed by atoms with Gasteiger partial charge in [0.25, 0.3) is 0 Å². The Balaban J connectivity index is 2.05. The summed E-state index contributed by atoms with van der Waals surface area (Å²) >= 11 is 0. The number of hydrogen-bond acceptors (Lipinski definition) is 5. The summed E-state index contributed by atoms with van der Waals surface area (Å²) in [5.74, 6) is -1.28. The molecule has 0 spiro atoms. The summed E-state index contributed by atoms with van der Waals surface area (Å²) in [6, 6.07) is 4.40. The van der Waals surface area contributed by atoms with Crippen LogP contribution in [-0.4, -0.2) is 54.8 Å². The van der Waals surface area contributed by atoms with Gasteiger partial charge in [-0.2, -0.15) is 0 Å². The van der Waals surface area contributed by atoms with Gasteiger partial charge in [-0.1, -0.05) is 0 Å². The van der Waals surface area contributed by atoms with Gasteiger partial charge in [-0.25, -0.2) is 14.0 Å². The lowest BCUT2D eigenvalue weighted by atomic mass is 10.1. The Morgan fingerprint density at radius 3 is 2.50 bits per heavy atom. The highest BCUT2D eigenvalue weighted by Gasteiger charge is 2.31. The third kappa shape index (κ3) is 4.86. The zero-order valence-electron chi connectivity index (χ0n) is 16.0. The number of piperazine rings is 1. The zero-order valence-corrected chi connectivity index (χ0v) is 16.0. The van der Waals surface area contributed by atoms with Crippen LogP contribution in [0.1, 0.15) is 45.0 Å². The molecular weight excluding hydrogens is 339 g/mol. The lowest BCUT2D eigenvalue weighted by Gasteiger charge is -2.41. The molecule has 1 saturated heterocycles. The van der Waals surface area contributed by atoms with Crippen molar-refractivity contribution in [2.45, 2.75) is 46.3 Å². The van der Waals surface area contributed by atoms with Crippen molar-refractivity contribution < 1.29 is 23.5 Å². The van der Waals surface area contributed by atoms with E-state index in [1.54, 1.807) is 17.9 Å². The molecule has 7 heteroatoms. The monoisotopic (exact) mass is 366 g/mol. The standard InChI is InChI=1S/C19H27FN2O4/c1-6-25-17(23)15-8-7-14(11-16(15)20)21-9-10-22(13(2)12-21)18(24)26-19(3,4)5/h7-8,11,13H,6,9-10,12H2,1-5H3. The van der Waals surface area contributed by atoms with Crippen LogP contribution >= 0.6 is 0 Å². The zero-order chi connectivity index (χ0) is 19.5. The predicted molar refractivity (Wildman–Crippen MR) is 97.0 cm³/mol. The second kappa shape index (κ2) is 7.93. The van der Waals surface area contributed by atoms with Crippen molar-refractivity contribution >= 4 is 17.7 Å². The minimum Gasteiger partial charge on any atom is -0.462 e. The van der Waals surface area contributed by atoms with Crippen molar-refractivity contribution in [2.75, 3.05) is 31.1 Å². The molecule has 26 heavy (non-hydrogen) atoms. The van der Waals surface area contributed by atoms with E-state index in [1.165, 1.54) is 12.1 Å². The van der Waals surface area contributed by atoms with Gasteiger partial charge in [-0.05, 0) is 52.8 Å². The molecule has 1 aromatic rings. The van der Waals surface area contributed by atoms with Crippen molar-refractivity contribution in [1.82, 2.24) is 4.90 Å². The molecule has 1 unspecified atom stereocenters. The molecule has 0 aromatic heterocycles. The van der Waals surface area contributed by atoms with Gasteiger partial charge in [0.05, 0.1) is 12.2 Å². The van der Waals surface area contributed by atoms with E-state index >= 15 is 0 Å². The largest absolute Gasteiger partial charge is 0.462 e. The van der Waals surface area contributed by atoms with Crippen LogP contribution in [0.3, 0.4) is 0 Å². The molecule has 1 aliphatic rings. The Bertz CT molecular complexity index is 672. The SMILES string of the molecule is CCOC(=O)c1ccc(N2CCN(C(=O)OC(C)(C)C)C(C)C2)cc1F. The molecule has 1 aliphatic heterocycles. The van der Waals surface area contributed by atoms with Gasteiger partial charge in [0.15, 0.2) is 0 Å². The maximum absolute atomic E-state index is 14.3. The predicted octanol–water partition coefficient (Wildman–Crippen LogP) is 3.45. The van der Waals surface area contributed by atoms with Crippen LogP contribution in [0.25, 0.3) is 0 Å². The highest BCUT2D eigenvalue weighted by Crippen LogP contribution is 2.23. The van der Waals surface area contributed by atoms with Gasteiger partial charge >= 0.3 is 12.1 Å². The number of rotatable bonds is 3. The number of carbonyl (C=O) groups is 2. The number of ether oxygens (including phenoxy) is 2. The summed E-state index contributed by atoms with van der Waals surface area (Å²) in [6.45, 7) is 10.9. The van der Waals surface area contributed by atoms with E-state index in [1.807, 2.05) is 32.6 Å². The van der Waals surface area contributed by atoms with Crippen molar-refractivity contribution in [3.8, 4) is 0 Å². The molecule has 1 aromatic carbocycles.